The smallest absolute Gasteiger partial charge is 0.309 e. The largest absolute Gasteiger partial charge is 0.351 e. The van der Waals surface area contributed by atoms with Crippen LogP contribution in [-0.2, 0) is 28.5 Å². The zero-order valence-corrected chi connectivity index (χ0v) is 14.5. The van der Waals surface area contributed by atoms with Gasteiger partial charge in [-0.3, -0.25) is 9.59 Å². The van der Waals surface area contributed by atoms with E-state index in [0.717, 1.165) is 25.7 Å². The predicted octanol–water partition coefficient (Wildman–Crippen LogP) is 0.304. The van der Waals surface area contributed by atoms with Crippen LogP contribution in [0, 0.1) is 0 Å². The molecule has 1 aliphatic heterocycles. The van der Waals surface area contributed by atoms with Gasteiger partial charge in [-0.2, -0.15) is 0 Å². The van der Waals surface area contributed by atoms with Crippen LogP contribution in [0.15, 0.2) is 0 Å². The van der Waals surface area contributed by atoms with Gasteiger partial charge in [-0.1, -0.05) is 0 Å². The molecule has 138 valence electrons. The zero-order valence-electron chi connectivity index (χ0n) is 14.5. The summed E-state index contributed by atoms with van der Waals surface area (Å²) in [6.07, 6.45) is 3.23. The van der Waals surface area contributed by atoms with E-state index in [1.165, 1.54) is 0 Å². The van der Waals surface area contributed by atoms with Crippen molar-refractivity contribution in [2.24, 2.45) is 0 Å². The van der Waals surface area contributed by atoms with Crippen LogP contribution < -0.4 is 10.6 Å². The number of rotatable bonds is 8. The average molecular weight is 344 g/mol. The Morgan fingerprint density at radius 1 is 1.12 bits per heavy atom. The normalized spacial score (nSPS) is 22.2. The Morgan fingerprint density at radius 2 is 1.75 bits per heavy atom. The summed E-state index contributed by atoms with van der Waals surface area (Å²) in [7, 11) is 0. The summed E-state index contributed by atoms with van der Waals surface area (Å²) in [5.74, 6) is -1.87. The maximum absolute atomic E-state index is 11.8. The third-order valence-corrected chi connectivity index (χ3v) is 4.11. The van der Waals surface area contributed by atoms with Crippen LogP contribution in [0.2, 0.25) is 0 Å². The standard InChI is InChI=1S/C16H28N2O6/c1-3-21-13(22-4-2)10-18-15(20)14(19)17-9-12-11-23-16(24-12)7-5-6-8-16/h12-13H,3-11H2,1-2H3,(H,17,19)(H,18,20). The molecule has 1 aliphatic carbocycles. The van der Waals surface area contributed by atoms with Crippen molar-refractivity contribution in [2.45, 2.75) is 57.7 Å². The molecule has 2 amide bonds. The molecule has 0 aromatic heterocycles. The van der Waals surface area contributed by atoms with Crippen molar-refractivity contribution < 1.29 is 28.5 Å². The van der Waals surface area contributed by atoms with E-state index < -0.39 is 23.9 Å². The molecule has 1 saturated carbocycles. The highest BCUT2D eigenvalue weighted by atomic mass is 16.7. The van der Waals surface area contributed by atoms with Crippen molar-refractivity contribution in [2.75, 3.05) is 32.9 Å². The molecule has 0 aromatic rings. The SMILES string of the molecule is CCOC(CNC(=O)C(=O)NCC1COC2(CCCC2)O1)OCC. The van der Waals surface area contributed by atoms with E-state index in [9.17, 15) is 9.59 Å². The molecule has 0 aromatic carbocycles. The van der Waals surface area contributed by atoms with Crippen molar-refractivity contribution in [3.05, 3.63) is 0 Å². The molecule has 2 aliphatic rings. The number of hydrogen-bond acceptors (Lipinski definition) is 6. The summed E-state index contributed by atoms with van der Waals surface area (Å²) in [6.45, 7) is 5.43. The van der Waals surface area contributed by atoms with Crippen LogP contribution in [0.5, 0.6) is 0 Å². The molecule has 1 saturated heterocycles. The molecular weight excluding hydrogens is 316 g/mol. The summed E-state index contributed by atoms with van der Waals surface area (Å²) in [6, 6.07) is 0. The number of carbonyl (C=O) groups excluding carboxylic acids is 2. The Bertz CT molecular complexity index is 419. The van der Waals surface area contributed by atoms with Gasteiger partial charge in [0.05, 0.1) is 13.2 Å². The van der Waals surface area contributed by atoms with Crippen LogP contribution in [-0.4, -0.2) is 62.9 Å². The van der Waals surface area contributed by atoms with Gasteiger partial charge >= 0.3 is 11.8 Å². The Balaban J connectivity index is 1.65. The molecule has 2 fully saturated rings. The maximum Gasteiger partial charge on any atom is 0.309 e. The van der Waals surface area contributed by atoms with Gasteiger partial charge in [0.25, 0.3) is 0 Å². The number of amides is 2. The summed E-state index contributed by atoms with van der Waals surface area (Å²) in [5.41, 5.74) is 0. The van der Waals surface area contributed by atoms with Gasteiger partial charge in [-0.05, 0) is 26.7 Å². The highest BCUT2D eigenvalue weighted by Crippen LogP contribution is 2.38. The monoisotopic (exact) mass is 344 g/mol. The third-order valence-electron chi connectivity index (χ3n) is 4.11. The average Bonchev–Trinajstić information content (AvgIpc) is 3.20. The van der Waals surface area contributed by atoms with Gasteiger partial charge in [0.1, 0.15) is 6.10 Å². The molecule has 1 unspecified atom stereocenters. The second-order valence-electron chi connectivity index (χ2n) is 5.93. The van der Waals surface area contributed by atoms with E-state index in [1.54, 1.807) is 0 Å². The molecule has 1 heterocycles. The number of nitrogens with one attached hydrogen (secondary N) is 2. The number of carbonyl (C=O) groups is 2. The summed E-state index contributed by atoms with van der Waals surface area (Å²) >= 11 is 0. The molecule has 1 spiro atoms. The zero-order chi connectivity index (χ0) is 17.4. The fourth-order valence-electron chi connectivity index (χ4n) is 2.97. The summed E-state index contributed by atoms with van der Waals surface area (Å²) in [5, 5.41) is 5.08. The topological polar surface area (TPSA) is 95.1 Å². The Morgan fingerprint density at radius 3 is 2.38 bits per heavy atom. The summed E-state index contributed by atoms with van der Waals surface area (Å²) < 4.78 is 22.2. The van der Waals surface area contributed by atoms with Gasteiger partial charge in [-0.25, -0.2) is 0 Å². The van der Waals surface area contributed by atoms with Crippen LogP contribution in [0.3, 0.4) is 0 Å². The van der Waals surface area contributed by atoms with E-state index in [1.807, 2.05) is 13.8 Å². The maximum atomic E-state index is 11.8. The highest BCUT2D eigenvalue weighted by Gasteiger charge is 2.43. The first kappa shape index (κ1) is 19.1. The van der Waals surface area contributed by atoms with E-state index in [4.69, 9.17) is 18.9 Å². The lowest BCUT2D eigenvalue weighted by molar-refractivity contribution is -0.161. The lowest BCUT2D eigenvalue weighted by Crippen LogP contribution is -2.46. The number of hydrogen-bond donors (Lipinski definition) is 2. The Hall–Kier alpha value is -1.22. The quantitative estimate of drug-likeness (QED) is 0.486. The molecule has 24 heavy (non-hydrogen) atoms. The predicted molar refractivity (Wildman–Crippen MR) is 85.1 cm³/mol. The van der Waals surface area contributed by atoms with Gasteiger partial charge in [0.15, 0.2) is 12.1 Å². The lowest BCUT2D eigenvalue weighted by atomic mass is 10.2. The van der Waals surface area contributed by atoms with Gasteiger partial charge in [0, 0.05) is 32.6 Å². The van der Waals surface area contributed by atoms with Gasteiger partial charge in [0.2, 0.25) is 0 Å². The third kappa shape index (κ3) is 5.41. The molecule has 2 N–H and O–H groups in total. The minimum atomic E-state index is -0.714. The van der Waals surface area contributed by atoms with Crippen LogP contribution >= 0.6 is 0 Å². The first-order valence-electron chi connectivity index (χ1n) is 8.69. The molecule has 8 nitrogen and oxygen atoms in total. The van der Waals surface area contributed by atoms with Crippen molar-refractivity contribution in [1.29, 1.82) is 0 Å². The second kappa shape index (κ2) is 9.31. The molecule has 8 heteroatoms. The molecular formula is C16H28N2O6. The molecule has 1 atom stereocenters. The second-order valence-corrected chi connectivity index (χ2v) is 5.93. The van der Waals surface area contributed by atoms with E-state index in [2.05, 4.69) is 10.6 Å². The van der Waals surface area contributed by atoms with E-state index in [0.29, 0.717) is 19.8 Å². The fourth-order valence-corrected chi connectivity index (χ4v) is 2.97. The van der Waals surface area contributed by atoms with E-state index in [-0.39, 0.29) is 19.2 Å². The first-order valence-corrected chi connectivity index (χ1v) is 8.69. The van der Waals surface area contributed by atoms with Gasteiger partial charge < -0.3 is 29.6 Å². The van der Waals surface area contributed by atoms with Crippen molar-refractivity contribution >= 4 is 11.8 Å². The van der Waals surface area contributed by atoms with Crippen LogP contribution in [0.1, 0.15) is 39.5 Å². The molecule has 0 bridgehead atoms. The van der Waals surface area contributed by atoms with Crippen molar-refractivity contribution in [3.8, 4) is 0 Å². The number of ether oxygens (including phenoxy) is 4. The molecule has 0 radical (unpaired) electrons. The van der Waals surface area contributed by atoms with E-state index >= 15 is 0 Å². The first-order chi connectivity index (χ1) is 11.6. The van der Waals surface area contributed by atoms with Crippen molar-refractivity contribution in [1.82, 2.24) is 10.6 Å². The fraction of sp³-hybridized carbons (Fsp3) is 0.875. The minimum absolute atomic E-state index is 0.125. The minimum Gasteiger partial charge on any atom is -0.351 e. The van der Waals surface area contributed by atoms with Gasteiger partial charge in [-0.15, -0.1) is 0 Å². The van der Waals surface area contributed by atoms with Crippen molar-refractivity contribution in [3.63, 3.8) is 0 Å². The summed E-state index contributed by atoms with van der Waals surface area (Å²) in [4.78, 5) is 23.6. The Labute approximate surface area is 142 Å². The van der Waals surface area contributed by atoms with Crippen LogP contribution in [0.25, 0.3) is 0 Å². The lowest BCUT2D eigenvalue weighted by Gasteiger charge is -2.22. The Kier molecular flexibility index (Phi) is 7.41. The highest BCUT2D eigenvalue weighted by molar-refractivity contribution is 6.35. The van der Waals surface area contributed by atoms with Crippen LogP contribution in [0.4, 0.5) is 0 Å². The molecule has 2 rings (SSSR count).